The zero-order valence-corrected chi connectivity index (χ0v) is 19.6. The zero-order valence-electron chi connectivity index (χ0n) is 18.8. The maximum Gasteiger partial charge on any atom is 0.407 e. The quantitative estimate of drug-likeness (QED) is 0.627. The van der Waals surface area contributed by atoms with Crippen LogP contribution in [0.25, 0.3) is 11.1 Å². The Hall–Kier alpha value is -3.00. The minimum absolute atomic E-state index is 0.0265. The first-order valence-electron chi connectivity index (χ1n) is 11.7. The van der Waals surface area contributed by atoms with Gasteiger partial charge < -0.3 is 20.1 Å². The summed E-state index contributed by atoms with van der Waals surface area (Å²) in [5.74, 6) is 0.128. The highest BCUT2D eigenvalue weighted by Gasteiger charge is 2.38. The first kappa shape index (κ1) is 22.8. The van der Waals surface area contributed by atoms with Crippen molar-refractivity contribution in [2.45, 2.75) is 37.3 Å². The van der Waals surface area contributed by atoms with Crippen molar-refractivity contribution in [3.63, 3.8) is 0 Å². The minimum atomic E-state index is -0.979. The number of aliphatic carboxylic acids is 1. The molecule has 1 saturated heterocycles. The van der Waals surface area contributed by atoms with Gasteiger partial charge in [-0.1, -0.05) is 48.5 Å². The molecule has 8 heteroatoms. The number of benzene rings is 2. The van der Waals surface area contributed by atoms with E-state index >= 15 is 0 Å². The van der Waals surface area contributed by atoms with Crippen LogP contribution in [0.2, 0.25) is 0 Å². The van der Waals surface area contributed by atoms with Gasteiger partial charge in [0, 0.05) is 36.4 Å². The van der Waals surface area contributed by atoms with Crippen molar-refractivity contribution >= 4 is 29.7 Å². The second-order valence-electron chi connectivity index (χ2n) is 9.13. The lowest BCUT2D eigenvalue weighted by molar-refractivity contribution is -0.149. The summed E-state index contributed by atoms with van der Waals surface area (Å²) in [6, 6.07) is 15.2. The Labute approximate surface area is 202 Å². The molecule has 2 N–H and O–H groups in total. The number of carbonyl (C=O) groups is 3. The summed E-state index contributed by atoms with van der Waals surface area (Å²) in [7, 11) is 0. The van der Waals surface area contributed by atoms with Gasteiger partial charge in [-0.3, -0.25) is 4.79 Å². The molecule has 2 aliphatic carbocycles. The minimum Gasteiger partial charge on any atom is -0.480 e. The average molecular weight is 481 g/mol. The summed E-state index contributed by atoms with van der Waals surface area (Å²) in [6.45, 7) is 0.637. The number of nitrogens with zero attached hydrogens (tertiary/aromatic N) is 1. The summed E-state index contributed by atoms with van der Waals surface area (Å²) >= 11 is 1.55. The van der Waals surface area contributed by atoms with Crippen molar-refractivity contribution in [2.75, 3.05) is 24.7 Å². The number of fused-ring (bicyclic) bond motifs is 3. The zero-order chi connectivity index (χ0) is 23.7. The van der Waals surface area contributed by atoms with Gasteiger partial charge in [0.1, 0.15) is 12.6 Å². The van der Waals surface area contributed by atoms with Crippen molar-refractivity contribution in [1.82, 2.24) is 10.2 Å². The second-order valence-corrected chi connectivity index (χ2v) is 10.3. The molecule has 0 bridgehead atoms. The first-order chi connectivity index (χ1) is 16.5. The van der Waals surface area contributed by atoms with Gasteiger partial charge in [0.2, 0.25) is 5.91 Å². The van der Waals surface area contributed by atoms with E-state index in [-0.39, 0.29) is 36.8 Å². The van der Waals surface area contributed by atoms with Gasteiger partial charge >= 0.3 is 12.1 Å². The summed E-state index contributed by atoms with van der Waals surface area (Å²) in [5.41, 5.74) is 4.63. The Kier molecular flexibility index (Phi) is 6.50. The van der Waals surface area contributed by atoms with Gasteiger partial charge in [-0.25, -0.2) is 9.59 Å². The standard InChI is InChI=1S/C26H28N2O5S/c29-24(28-11-12-34-15-23(28)25(30)31)13-22(16-9-10-16)27-26(32)33-14-21-19-7-3-1-5-17(19)18-6-2-4-8-20(18)21/h1-8,16,21-23H,9-15H2,(H,27,32)(H,30,31). The Bertz CT molecular complexity index is 1060. The maximum absolute atomic E-state index is 12.9. The van der Waals surface area contributed by atoms with Crippen molar-refractivity contribution in [1.29, 1.82) is 0 Å². The lowest BCUT2D eigenvalue weighted by Crippen LogP contribution is -2.52. The predicted molar refractivity (Wildman–Crippen MR) is 130 cm³/mol. The van der Waals surface area contributed by atoms with Crippen LogP contribution in [0.5, 0.6) is 0 Å². The molecule has 178 valence electrons. The number of carboxylic acid groups (broad SMARTS) is 1. The topological polar surface area (TPSA) is 95.9 Å². The van der Waals surface area contributed by atoms with Gasteiger partial charge in [0.25, 0.3) is 0 Å². The molecule has 3 aliphatic rings. The van der Waals surface area contributed by atoms with E-state index in [9.17, 15) is 19.5 Å². The SMILES string of the molecule is O=C(NC(CC(=O)N1CCSCC1C(=O)O)C1CC1)OCC1c2ccccc2-c2ccccc21. The summed E-state index contributed by atoms with van der Waals surface area (Å²) in [6.07, 6.45) is 1.46. The van der Waals surface area contributed by atoms with Crippen LogP contribution < -0.4 is 5.32 Å². The number of carbonyl (C=O) groups excluding carboxylic acids is 2. The number of ether oxygens (including phenoxy) is 1. The van der Waals surface area contributed by atoms with Gasteiger partial charge in [0.15, 0.2) is 0 Å². The highest BCUT2D eigenvalue weighted by Crippen LogP contribution is 2.44. The highest BCUT2D eigenvalue weighted by atomic mass is 32.2. The van der Waals surface area contributed by atoms with E-state index in [2.05, 4.69) is 29.6 Å². The maximum atomic E-state index is 12.9. The molecule has 2 aromatic rings. The molecule has 7 nitrogen and oxygen atoms in total. The molecule has 2 aromatic carbocycles. The third-order valence-electron chi connectivity index (χ3n) is 6.97. The van der Waals surface area contributed by atoms with Crippen LogP contribution in [0.1, 0.15) is 36.3 Å². The number of hydrogen-bond donors (Lipinski definition) is 2. The molecular weight excluding hydrogens is 452 g/mol. The van der Waals surface area contributed by atoms with Crippen LogP contribution in [0.4, 0.5) is 4.79 Å². The smallest absolute Gasteiger partial charge is 0.407 e. The summed E-state index contributed by atoms with van der Waals surface area (Å²) < 4.78 is 5.66. The monoisotopic (exact) mass is 480 g/mol. The second kappa shape index (κ2) is 9.70. The molecule has 2 fully saturated rings. The molecule has 1 heterocycles. The number of amides is 2. The molecule has 2 amide bonds. The fourth-order valence-corrected chi connectivity index (χ4v) is 6.08. The molecule has 0 spiro atoms. The fourth-order valence-electron chi connectivity index (χ4n) is 5.04. The Morgan fingerprint density at radius 3 is 2.32 bits per heavy atom. The molecule has 2 unspecified atom stereocenters. The number of hydrogen-bond acceptors (Lipinski definition) is 5. The number of alkyl carbamates (subject to hydrolysis) is 1. The van der Waals surface area contributed by atoms with Crippen molar-refractivity contribution in [3.8, 4) is 11.1 Å². The number of thioether (sulfide) groups is 1. The largest absolute Gasteiger partial charge is 0.480 e. The normalized spacial score (nSPS) is 20.2. The van der Waals surface area contributed by atoms with E-state index in [1.807, 2.05) is 24.3 Å². The molecule has 34 heavy (non-hydrogen) atoms. The molecular formula is C26H28N2O5S. The van der Waals surface area contributed by atoms with E-state index in [1.54, 1.807) is 11.8 Å². The average Bonchev–Trinajstić information content (AvgIpc) is 3.65. The van der Waals surface area contributed by atoms with Crippen LogP contribution in [-0.2, 0) is 14.3 Å². The van der Waals surface area contributed by atoms with Gasteiger partial charge in [0.05, 0.1) is 0 Å². The highest BCUT2D eigenvalue weighted by molar-refractivity contribution is 7.99. The number of nitrogens with one attached hydrogen (secondary N) is 1. The third-order valence-corrected chi connectivity index (χ3v) is 7.99. The first-order valence-corrected chi connectivity index (χ1v) is 12.9. The van der Waals surface area contributed by atoms with E-state index in [0.717, 1.165) is 29.7 Å². The Morgan fingerprint density at radius 1 is 1.06 bits per heavy atom. The third kappa shape index (κ3) is 4.64. The Morgan fingerprint density at radius 2 is 1.71 bits per heavy atom. The van der Waals surface area contributed by atoms with Crippen molar-refractivity contribution < 1.29 is 24.2 Å². The molecule has 5 rings (SSSR count). The van der Waals surface area contributed by atoms with Crippen LogP contribution in [-0.4, -0.2) is 64.7 Å². The van der Waals surface area contributed by atoms with Gasteiger partial charge in [-0.2, -0.15) is 11.8 Å². The van der Waals surface area contributed by atoms with E-state index in [4.69, 9.17) is 4.74 Å². The molecule has 2 atom stereocenters. The number of carboxylic acids is 1. The van der Waals surface area contributed by atoms with Crippen molar-refractivity contribution in [3.05, 3.63) is 59.7 Å². The van der Waals surface area contributed by atoms with Crippen LogP contribution in [0.15, 0.2) is 48.5 Å². The molecule has 0 radical (unpaired) electrons. The van der Waals surface area contributed by atoms with Gasteiger partial charge in [-0.15, -0.1) is 0 Å². The van der Waals surface area contributed by atoms with Gasteiger partial charge in [-0.05, 0) is 41.0 Å². The van der Waals surface area contributed by atoms with Crippen LogP contribution >= 0.6 is 11.8 Å². The Balaban J connectivity index is 1.21. The van der Waals surface area contributed by atoms with Crippen molar-refractivity contribution in [2.24, 2.45) is 5.92 Å². The van der Waals surface area contributed by atoms with Crippen LogP contribution in [0, 0.1) is 5.92 Å². The fraction of sp³-hybridized carbons (Fsp3) is 0.423. The predicted octanol–water partition coefficient (Wildman–Crippen LogP) is 3.72. The van der Waals surface area contributed by atoms with E-state index < -0.39 is 18.1 Å². The van der Waals surface area contributed by atoms with E-state index in [1.165, 1.54) is 16.0 Å². The lowest BCUT2D eigenvalue weighted by atomic mass is 9.98. The molecule has 0 aromatic heterocycles. The molecule has 1 saturated carbocycles. The molecule has 1 aliphatic heterocycles. The van der Waals surface area contributed by atoms with Crippen LogP contribution in [0.3, 0.4) is 0 Å². The number of rotatable bonds is 7. The summed E-state index contributed by atoms with van der Waals surface area (Å²) in [5, 5.41) is 12.4. The van der Waals surface area contributed by atoms with E-state index in [0.29, 0.717) is 12.3 Å². The summed E-state index contributed by atoms with van der Waals surface area (Å²) in [4.78, 5) is 38.7. The lowest BCUT2D eigenvalue weighted by Gasteiger charge is -2.33.